The summed E-state index contributed by atoms with van der Waals surface area (Å²) in [6, 6.07) is 9.83. The molecule has 1 N–H and O–H groups in total. The molecule has 1 heterocycles. The van der Waals surface area contributed by atoms with Crippen LogP contribution in [0.1, 0.15) is 16.8 Å². The number of fused-ring (bicyclic) bond motifs is 1. The number of nitriles is 1. The first-order chi connectivity index (χ1) is 8.33. The summed E-state index contributed by atoms with van der Waals surface area (Å²) >= 11 is 1.51. The Morgan fingerprint density at radius 3 is 3.06 bits per heavy atom. The monoisotopic (exact) mass is 244 g/mol. The van der Waals surface area contributed by atoms with E-state index in [2.05, 4.69) is 11.1 Å². The Balaban J connectivity index is 2.07. The van der Waals surface area contributed by atoms with Gasteiger partial charge in [0.25, 0.3) is 0 Å². The third-order valence-corrected chi connectivity index (χ3v) is 3.44. The molecule has 0 aliphatic heterocycles. The van der Waals surface area contributed by atoms with Crippen molar-refractivity contribution in [2.75, 3.05) is 11.5 Å². The number of ketones is 1. The highest BCUT2D eigenvalue weighted by Crippen LogP contribution is 2.19. The second-order valence-electron chi connectivity index (χ2n) is 3.63. The van der Waals surface area contributed by atoms with Gasteiger partial charge in [-0.25, -0.2) is 0 Å². The lowest BCUT2D eigenvalue weighted by atomic mass is 10.1. The van der Waals surface area contributed by atoms with Crippen molar-refractivity contribution < 1.29 is 4.79 Å². The Labute approximate surface area is 104 Å². The molecule has 2 rings (SSSR count). The Morgan fingerprint density at radius 1 is 1.41 bits per heavy atom. The van der Waals surface area contributed by atoms with E-state index in [9.17, 15) is 4.79 Å². The third kappa shape index (κ3) is 2.69. The molecule has 1 aromatic carbocycles. The first-order valence-corrected chi connectivity index (χ1v) is 6.52. The standard InChI is InChI=1S/C13H12N2OS/c14-6-3-7-17-9-13(16)11-8-15-12-5-2-1-4-10(11)12/h1-2,4-5,8,15H,3,7,9H2. The van der Waals surface area contributed by atoms with E-state index in [4.69, 9.17) is 5.26 Å². The van der Waals surface area contributed by atoms with Crippen LogP contribution >= 0.6 is 11.8 Å². The number of H-pyrrole nitrogens is 1. The predicted molar refractivity (Wildman–Crippen MR) is 70.2 cm³/mol. The van der Waals surface area contributed by atoms with Crippen molar-refractivity contribution in [2.45, 2.75) is 6.42 Å². The van der Waals surface area contributed by atoms with Gasteiger partial charge in [-0.05, 0) is 6.07 Å². The second kappa shape index (κ2) is 5.55. The number of carbonyl (C=O) groups is 1. The minimum absolute atomic E-state index is 0.116. The van der Waals surface area contributed by atoms with Crippen LogP contribution in [0.25, 0.3) is 10.9 Å². The molecule has 0 atom stereocenters. The lowest BCUT2D eigenvalue weighted by molar-refractivity contribution is 0.102. The highest BCUT2D eigenvalue weighted by molar-refractivity contribution is 7.99. The molecule has 0 unspecified atom stereocenters. The zero-order valence-corrected chi connectivity index (χ0v) is 10.1. The zero-order chi connectivity index (χ0) is 12.1. The Hall–Kier alpha value is -1.73. The molecular formula is C13H12N2OS. The van der Waals surface area contributed by atoms with Crippen molar-refractivity contribution in [3.05, 3.63) is 36.0 Å². The van der Waals surface area contributed by atoms with Gasteiger partial charge in [-0.15, -0.1) is 0 Å². The number of benzene rings is 1. The van der Waals surface area contributed by atoms with Gasteiger partial charge in [0.2, 0.25) is 0 Å². The largest absolute Gasteiger partial charge is 0.360 e. The van der Waals surface area contributed by atoms with Crippen LogP contribution in [0.5, 0.6) is 0 Å². The van der Waals surface area contributed by atoms with Crippen LogP contribution in [0, 0.1) is 11.3 Å². The van der Waals surface area contributed by atoms with Crippen molar-refractivity contribution in [2.24, 2.45) is 0 Å². The molecule has 2 aromatic rings. The summed E-state index contributed by atoms with van der Waals surface area (Å²) < 4.78 is 0. The van der Waals surface area contributed by atoms with Crippen molar-refractivity contribution in [3.63, 3.8) is 0 Å². The molecule has 3 nitrogen and oxygen atoms in total. The quantitative estimate of drug-likeness (QED) is 0.649. The van der Waals surface area contributed by atoms with Crippen LogP contribution in [0.2, 0.25) is 0 Å². The van der Waals surface area contributed by atoms with E-state index in [-0.39, 0.29) is 5.78 Å². The molecule has 0 fully saturated rings. The SMILES string of the molecule is N#CCCSCC(=O)c1c[nH]c2ccccc12. The van der Waals surface area contributed by atoms with E-state index in [0.29, 0.717) is 17.9 Å². The smallest absolute Gasteiger partial charge is 0.174 e. The third-order valence-electron chi connectivity index (χ3n) is 2.48. The number of thioether (sulfide) groups is 1. The van der Waals surface area contributed by atoms with Gasteiger partial charge in [-0.3, -0.25) is 4.79 Å². The predicted octanol–water partition coefficient (Wildman–Crippen LogP) is 3.00. The fourth-order valence-corrected chi connectivity index (χ4v) is 2.38. The number of nitrogens with one attached hydrogen (secondary N) is 1. The maximum Gasteiger partial charge on any atom is 0.174 e. The van der Waals surface area contributed by atoms with Gasteiger partial charge in [-0.1, -0.05) is 18.2 Å². The van der Waals surface area contributed by atoms with Gasteiger partial charge in [-0.2, -0.15) is 17.0 Å². The number of carbonyl (C=O) groups excluding carboxylic acids is 1. The number of hydrogen-bond acceptors (Lipinski definition) is 3. The van der Waals surface area contributed by atoms with Crippen molar-refractivity contribution in [3.8, 4) is 6.07 Å². The number of para-hydroxylation sites is 1. The molecule has 0 saturated heterocycles. The maximum absolute atomic E-state index is 12.0. The first-order valence-electron chi connectivity index (χ1n) is 5.37. The van der Waals surface area contributed by atoms with Crippen LogP contribution in [0.3, 0.4) is 0 Å². The van der Waals surface area contributed by atoms with E-state index in [1.54, 1.807) is 6.20 Å². The van der Waals surface area contributed by atoms with E-state index >= 15 is 0 Å². The summed E-state index contributed by atoms with van der Waals surface area (Å²) in [5.74, 6) is 1.26. The summed E-state index contributed by atoms with van der Waals surface area (Å²) in [6.07, 6.45) is 2.25. The Kier molecular flexibility index (Phi) is 3.84. The minimum Gasteiger partial charge on any atom is -0.360 e. The second-order valence-corrected chi connectivity index (χ2v) is 4.74. The summed E-state index contributed by atoms with van der Waals surface area (Å²) in [4.78, 5) is 15.0. The Morgan fingerprint density at radius 2 is 2.24 bits per heavy atom. The van der Waals surface area contributed by atoms with Crippen LogP contribution in [-0.2, 0) is 0 Å². The van der Waals surface area contributed by atoms with Crippen molar-refractivity contribution >= 4 is 28.4 Å². The summed E-state index contributed by atoms with van der Waals surface area (Å²) in [6.45, 7) is 0. The van der Waals surface area contributed by atoms with Gasteiger partial charge < -0.3 is 4.98 Å². The molecule has 0 spiro atoms. The number of aromatic amines is 1. The topological polar surface area (TPSA) is 56.6 Å². The molecule has 4 heteroatoms. The highest BCUT2D eigenvalue weighted by Gasteiger charge is 2.11. The Bertz CT molecular complexity index is 568. The van der Waals surface area contributed by atoms with E-state index in [1.165, 1.54) is 11.8 Å². The summed E-state index contributed by atoms with van der Waals surface area (Å²) in [5.41, 5.74) is 1.72. The molecule has 0 aliphatic rings. The van der Waals surface area contributed by atoms with Crippen LogP contribution in [-0.4, -0.2) is 22.3 Å². The molecule has 86 valence electrons. The van der Waals surface area contributed by atoms with Crippen molar-refractivity contribution in [1.82, 2.24) is 4.98 Å². The first kappa shape index (κ1) is 11.7. The highest BCUT2D eigenvalue weighted by atomic mass is 32.2. The van der Waals surface area contributed by atoms with E-state index < -0.39 is 0 Å². The molecule has 1 aromatic heterocycles. The molecule has 0 amide bonds. The average Bonchev–Trinajstić information content (AvgIpc) is 2.78. The number of rotatable bonds is 5. The van der Waals surface area contributed by atoms with Crippen molar-refractivity contribution in [1.29, 1.82) is 5.26 Å². The van der Waals surface area contributed by atoms with Gasteiger partial charge in [0, 0.05) is 34.8 Å². The molecule has 0 bridgehead atoms. The molecule has 17 heavy (non-hydrogen) atoms. The molecule has 0 saturated carbocycles. The average molecular weight is 244 g/mol. The normalized spacial score (nSPS) is 10.3. The van der Waals surface area contributed by atoms with Crippen LogP contribution in [0.15, 0.2) is 30.5 Å². The lowest BCUT2D eigenvalue weighted by Gasteiger charge is -1.98. The minimum atomic E-state index is 0.116. The maximum atomic E-state index is 12.0. The molecule has 0 radical (unpaired) electrons. The molecule has 0 aliphatic carbocycles. The fourth-order valence-electron chi connectivity index (χ4n) is 1.66. The zero-order valence-electron chi connectivity index (χ0n) is 9.27. The van der Waals surface area contributed by atoms with Gasteiger partial charge in [0.15, 0.2) is 5.78 Å². The fraction of sp³-hybridized carbons (Fsp3) is 0.231. The van der Waals surface area contributed by atoms with E-state index in [1.807, 2.05) is 24.3 Å². The van der Waals surface area contributed by atoms with E-state index in [0.717, 1.165) is 16.5 Å². The van der Waals surface area contributed by atoms with Gasteiger partial charge in [0.05, 0.1) is 11.8 Å². The summed E-state index contributed by atoms with van der Waals surface area (Å²) in [5, 5.41) is 9.37. The van der Waals surface area contributed by atoms with Crippen LogP contribution in [0.4, 0.5) is 0 Å². The molecular weight excluding hydrogens is 232 g/mol. The number of nitrogens with zero attached hydrogens (tertiary/aromatic N) is 1. The number of aromatic nitrogens is 1. The van der Waals surface area contributed by atoms with Gasteiger partial charge >= 0.3 is 0 Å². The number of hydrogen-bond donors (Lipinski definition) is 1. The lowest BCUT2D eigenvalue weighted by Crippen LogP contribution is -2.01. The number of Topliss-reactive ketones (excluding diaryl/α,β-unsaturated/α-hetero) is 1. The van der Waals surface area contributed by atoms with Gasteiger partial charge in [0.1, 0.15) is 0 Å². The summed E-state index contributed by atoms with van der Waals surface area (Å²) in [7, 11) is 0. The van der Waals surface area contributed by atoms with Crippen LogP contribution < -0.4 is 0 Å².